The van der Waals surface area contributed by atoms with Crippen LogP contribution in [0.5, 0.6) is 11.5 Å². The highest BCUT2D eigenvalue weighted by Crippen LogP contribution is 2.57. The highest BCUT2D eigenvalue weighted by molar-refractivity contribution is 6.35. The lowest BCUT2D eigenvalue weighted by Crippen LogP contribution is -2.55. The zero-order chi connectivity index (χ0) is 59.0. The van der Waals surface area contributed by atoms with Crippen LogP contribution in [0.1, 0.15) is 63.7 Å². The highest BCUT2D eigenvalue weighted by atomic mass is 19.4. The zero-order valence-corrected chi connectivity index (χ0v) is 44.6. The number of alkyl halides is 6. The van der Waals surface area contributed by atoms with E-state index in [4.69, 9.17) is 9.47 Å². The monoisotopic (exact) mass is 1140 g/mol. The maximum absolute atomic E-state index is 15.5. The molecule has 0 atom stereocenters. The molecule has 0 aliphatic carbocycles. The van der Waals surface area contributed by atoms with Crippen LogP contribution in [0.3, 0.4) is 0 Å². The van der Waals surface area contributed by atoms with Crippen molar-refractivity contribution < 1.29 is 55.0 Å². The van der Waals surface area contributed by atoms with Crippen molar-refractivity contribution in [3.05, 3.63) is 293 Å². The molecule has 12 rings (SSSR count). The molecular weight excluding hydrogens is 1090 g/mol. The van der Waals surface area contributed by atoms with Gasteiger partial charge in [-0.15, -0.1) is 0 Å². The Morgan fingerprint density at radius 2 is 0.776 bits per heavy atom. The number of benzene rings is 10. The van der Waals surface area contributed by atoms with Crippen LogP contribution in [-0.4, -0.2) is 36.0 Å². The first-order valence-electron chi connectivity index (χ1n) is 26.7. The van der Waals surface area contributed by atoms with E-state index in [-0.39, 0.29) is 24.7 Å². The van der Waals surface area contributed by atoms with Gasteiger partial charge in [0.2, 0.25) is 5.41 Å². The molecule has 0 fully saturated rings. The molecule has 2 heterocycles. The second kappa shape index (κ2) is 22.2. The van der Waals surface area contributed by atoms with Crippen molar-refractivity contribution in [2.24, 2.45) is 0 Å². The number of hydrogen-bond donors (Lipinski definition) is 1. The van der Waals surface area contributed by atoms with Crippen molar-refractivity contribution in [1.82, 2.24) is 5.32 Å². The maximum atomic E-state index is 15.5. The van der Waals surface area contributed by atoms with Gasteiger partial charge in [0.15, 0.2) is 0 Å². The van der Waals surface area contributed by atoms with Crippen molar-refractivity contribution in [2.75, 3.05) is 14.7 Å². The van der Waals surface area contributed by atoms with Gasteiger partial charge in [-0.3, -0.25) is 24.5 Å². The fourth-order valence-corrected chi connectivity index (χ4v) is 10.8. The van der Waals surface area contributed by atoms with Crippen molar-refractivity contribution >= 4 is 63.4 Å². The summed E-state index contributed by atoms with van der Waals surface area (Å²) in [6.07, 6.45) is -12.3. The third-order valence-electron chi connectivity index (χ3n) is 15.0. The van der Waals surface area contributed by atoms with Crippen LogP contribution in [0.25, 0.3) is 11.1 Å². The molecule has 10 aromatic carbocycles. The topological polar surface area (TPSA) is 108 Å². The predicted octanol–water partition coefficient (Wildman–Crippen LogP) is 16.5. The molecule has 2 aliphatic heterocycles. The molecule has 420 valence electrons. The molecule has 10 nitrogen and oxygen atoms in total. The fraction of sp³-hybridized carbons (Fsp3) is 0.0725. The van der Waals surface area contributed by atoms with Gasteiger partial charge in [0.25, 0.3) is 23.6 Å². The van der Waals surface area contributed by atoms with E-state index in [1.807, 2.05) is 175 Å². The van der Waals surface area contributed by atoms with Crippen LogP contribution in [0, 0.1) is 0 Å². The molecular formula is C69H46F6N4O6. The maximum Gasteiger partial charge on any atom is 0.411 e. The van der Waals surface area contributed by atoms with Gasteiger partial charge < -0.3 is 19.3 Å². The van der Waals surface area contributed by atoms with E-state index in [1.54, 1.807) is 30.3 Å². The normalized spacial score (nSPS) is 13.1. The standard InChI is InChI=1S/C69H46F6N4O6/c70-68(71,72)67(69(73,74)75,48-28-36-57-59(40-48)64(81)76-63(57)80)49-29-37-58-60(41-49)66(83)79(65(58)82)61-39-47(27-38-62(61)85-43-45-23-32-55(33-24-45)78(52-17-9-3-10-18-52)53-19-11-4-12-20-53)46-25-34-56(35-26-46)84-42-44-21-30-54(31-22-44)77(50-13-5-1-6-14-50)51-15-7-2-8-16-51/h1-41H,42-43H2,(H,76,80,81). The third-order valence-corrected chi connectivity index (χ3v) is 15.0. The summed E-state index contributed by atoms with van der Waals surface area (Å²) < 4.78 is 106. The number of para-hydroxylation sites is 4. The number of carbonyl (C=O) groups is 4. The van der Waals surface area contributed by atoms with Crippen molar-refractivity contribution in [2.45, 2.75) is 31.0 Å². The van der Waals surface area contributed by atoms with E-state index in [0.717, 1.165) is 45.8 Å². The van der Waals surface area contributed by atoms with Crippen molar-refractivity contribution in [3.63, 3.8) is 0 Å². The van der Waals surface area contributed by atoms with E-state index in [0.29, 0.717) is 57.7 Å². The summed E-state index contributed by atoms with van der Waals surface area (Å²) in [7, 11) is 0. The Balaban J connectivity index is 0.854. The smallest absolute Gasteiger partial charge is 0.411 e. The first-order chi connectivity index (χ1) is 41.1. The van der Waals surface area contributed by atoms with Crippen LogP contribution >= 0.6 is 0 Å². The molecule has 0 unspecified atom stereocenters. The molecule has 0 bridgehead atoms. The quantitative estimate of drug-likeness (QED) is 0.0753. The summed E-state index contributed by atoms with van der Waals surface area (Å²) in [6, 6.07) is 69.9. The van der Waals surface area contributed by atoms with Gasteiger partial charge in [-0.05, 0) is 155 Å². The molecule has 4 amide bonds. The van der Waals surface area contributed by atoms with E-state index in [1.165, 1.54) is 12.1 Å². The fourth-order valence-electron chi connectivity index (χ4n) is 10.8. The minimum Gasteiger partial charge on any atom is -0.489 e. The Morgan fingerprint density at radius 3 is 1.25 bits per heavy atom. The average molecular weight is 1140 g/mol. The number of nitrogens with zero attached hydrogens (tertiary/aromatic N) is 3. The van der Waals surface area contributed by atoms with Gasteiger partial charge in [0.1, 0.15) is 24.7 Å². The van der Waals surface area contributed by atoms with Gasteiger partial charge in [-0.25, -0.2) is 4.90 Å². The molecule has 16 heteroatoms. The molecule has 0 spiro atoms. The molecule has 1 N–H and O–H groups in total. The molecule has 85 heavy (non-hydrogen) atoms. The molecule has 0 saturated heterocycles. The number of imide groups is 2. The number of fused-ring (bicyclic) bond motifs is 2. The summed E-state index contributed by atoms with van der Waals surface area (Å²) in [5, 5.41) is 1.88. The molecule has 0 aromatic heterocycles. The number of anilines is 7. The summed E-state index contributed by atoms with van der Waals surface area (Å²) >= 11 is 0. The van der Waals surface area contributed by atoms with Crippen LogP contribution in [-0.2, 0) is 18.6 Å². The first kappa shape index (κ1) is 54.8. The van der Waals surface area contributed by atoms with E-state index < -0.39 is 74.8 Å². The number of hydrogen-bond acceptors (Lipinski definition) is 8. The van der Waals surface area contributed by atoms with Gasteiger partial charge in [0, 0.05) is 34.1 Å². The summed E-state index contributed by atoms with van der Waals surface area (Å²) in [5.74, 6) is -3.93. The Hall–Kier alpha value is -10.7. The predicted molar refractivity (Wildman–Crippen MR) is 312 cm³/mol. The minimum absolute atomic E-state index is 0.00900. The molecule has 10 aromatic rings. The Labute approximate surface area is 483 Å². The molecule has 2 aliphatic rings. The largest absolute Gasteiger partial charge is 0.489 e. The Bertz CT molecular complexity index is 4060. The number of halogens is 6. The average Bonchev–Trinajstić information content (AvgIpc) is 1.78. The Kier molecular flexibility index (Phi) is 14.3. The minimum atomic E-state index is -6.15. The van der Waals surface area contributed by atoms with Crippen LogP contribution in [0.2, 0.25) is 0 Å². The number of amides is 4. The summed E-state index contributed by atoms with van der Waals surface area (Å²) in [6.45, 7) is 0.126. The number of rotatable bonds is 16. The van der Waals surface area contributed by atoms with Gasteiger partial charge >= 0.3 is 12.4 Å². The van der Waals surface area contributed by atoms with Crippen LogP contribution < -0.4 is 29.5 Å². The lowest BCUT2D eigenvalue weighted by atomic mass is 9.71. The van der Waals surface area contributed by atoms with E-state index >= 15 is 26.3 Å². The number of nitrogens with one attached hydrogen (secondary N) is 1. The zero-order valence-electron chi connectivity index (χ0n) is 44.6. The number of ether oxygens (including phenoxy) is 2. The van der Waals surface area contributed by atoms with Crippen LogP contribution in [0.4, 0.5) is 66.2 Å². The Morgan fingerprint density at radius 1 is 0.376 bits per heavy atom. The SMILES string of the molecule is O=C1NC(=O)c2cc(C(c3ccc4c(c3)C(=O)N(c3cc(-c5ccc(OCc6ccc(N(c7ccccc7)c7ccccc7)cc6)cc5)ccc3OCc3ccc(N(c5ccccc5)c5ccccc5)cc3)C4=O)(C(F)(F)F)C(F)(F)F)ccc21. The number of carbonyl (C=O) groups excluding carboxylic acids is 4. The highest BCUT2D eigenvalue weighted by Gasteiger charge is 2.73. The van der Waals surface area contributed by atoms with Crippen molar-refractivity contribution in [1.29, 1.82) is 0 Å². The van der Waals surface area contributed by atoms with E-state index in [2.05, 4.69) is 9.80 Å². The van der Waals surface area contributed by atoms with Gasteiger partial charge in [0.05, 0.1) is 27.9 Å². The van der Waals surface area contributed by atoms with E-state index in [9.17, 15) is 19.2 Å². The van der Waals surface area contributed by atoms with Crippen molar-refractivity contribution in [3.8, 4) is 22.6 Å². The second-order valence-electron chi connectivity index (χ2n) is 20.1. The first-order valence-corrected chi connectivity index (χ1v) is 26.7. The summed E-state index contributed by atoms with van der Waals surface area (Å²) in [4.78, 5) is 59.1. The van der Waals surface area contributed by atoms with Gasteiger partial charge in [-0.2, -0.15) is 26.3 Å². The van der Waals surface area contributed by atoms with Crippen LogP contribution in [0.15, 0.2) is 249 Å². The second-order valence-corrected chi connectivity index (χ2v) is 20.1. The summed E-state index contributed by atoms with van der Waals surface area (Å²) in [5.41, 5.74) is -2.00. The van der Waals surface area contributed by atoms with Gasteiger partial charge in [-0.1, -0.05) is 127 Å². The molecule has 0 radical (unpaired) electrons. The third kappa shape index (κ3) is 10.3. The molecule has 0 saturated carbocycles. The lowest BCUT2D eigenvalue weighted by molar-refractivity contribution is -0.288. The lowest BCUT2D eigenvalue weighted by Gasteiger charge is -2.38.